The molecule has 1 aliphatic heterocycles. The number of carbonyl (C=O) groups is 1. The van der Waals surface area contributed by atoms with Crippen molar-refractivity contribution in [2.75, 3.05) is 20.3 Å². The number of aldehydes is 1. The molecule has 12 heavy (non-hydrogen) atoms. The lowest BCUT2D eigenvalue weighted by Gasteiger charge is -2.31. The summed E-state index contributed by atoms with van der Waals surface area (Å²) in [6, 6.07) is 0. The summed E-state index contributed by atoms with van der Waals surface area (Å²) >= 11 is 0. The second-order valence-corrected chi connectivity index (χ2v) is 2.94. The summed E-state index contributed by atoms with van der Waals surface area (Å²) in [7, 11) is 1.54. The lowest BCUT2D eigenvalue weighted by molar-refractivity contribution is -0.141. The van der Waals surface area contributed by atoms with Crippen molar-refractivity contribution in [1.82, 2.24) is 0 Å². The summed E-state index contributed by atoms with van der Waals surface area (Å²) in [5.74, 6) is -0.293. The summed E-state index contributed by atoms with van der Waals surface area (Å²) in [5, 5.41) is 9.52. The third-order valence-corrected chi connectivity index (χ3v) is 2.11. The molecule has 0 aromatic rings. The summed E-state index contributed by atoms with van der Waals surface area (Å²) in [6.07, 6.45) is 0.330. The number of ether oxygens (including phenoxy) is 2. The van der Waals surface area contributed by atoms with Crippen molar-refractivity contribution in [1.29, 1.82) is 0 Å². The molecule has 1 rings (SSSR count). The Morgan fingerprint density at radius 1 is 1.75 bits per heavy atom. The summed E-state index contributed by atoms with van der Waals surface area (Å²) in [6.45, 7) is 0.861. The zero-order valence-corrected chi connectivity index (χ0v) is 7.10. The zero-order valence-electron chi connectivity index (χ0n) is 7.10. The van der Waals surface area contributed by atoms with E-state index >= 15 is 0 Å². The van der Waals surface area contributed by atoms with Gasteiger partial charge in [-0.3, -0.25) is 0 Å². The Kier molecular flexibility index (Phi) is 3.65. The van der Waals surface area contributed by atoms with Crippen LogP contribution in [-0.4, -0.2) is 43.9 Å². The first-order chi connectivity index (χ1) is 5.79. The molecule has 0 radical (unpaired) electrons. The van der Waals surface area contributed by atoms with Gasteiger partial charge in [0.1, 0.15) is 12.4 Å². The van der Waals surface area contributed by atoms with Gasteiger partial charge in [-0.25, -0.2) is 0 Å². The second kappa shape index (κ2) is 4.54. The molecule has 0 bridgehead atoms. The SMILES string of the molecule is COC[C@H]1OCC[C@@H](C=O)[C@H]1O. The van der Waals surface area contributed by atoms with Gasteiger partial charge >= 0.3 is 0 Å². The Balaban J connectivity index is 2.46. The molecule has 0 spiro atoms. The molecule has 1 aliphatic rings. The second-order valence-electron chi connectivity index (χ2n) is 2.94. The molecule has 1 saturated heterocycles. The van der Waals surface area contributed by atoms with Crippen LogP contribution in [0.2, 0.25) is 0 Å². The molecule has 0 aromatic carbocycles. The van der Waals surface area contributed by atoms with Gasteiger partial charge in [0.15, 0.2) is 0 Å². The van der Waals surface area contributed by atoms with Crippen molar-refractivity contribution < 1.29 is 19.4 Å². The van der Waals surface area contributed by atoms with Crippen LogP contribution < -0.4 is 0 Å². The molecule has 0 amide bonds. The number of aliphatic hydroxyl groups is 1. The third kappa shape index (κ3) is 2.03. The summed E-state index contributed by atoms with van der Waals surface area (Å²) in [4.78, 5) is 10.5. The van der Waals surface area contributed by atoms with E-state index in [2.05, 4.69) is 0 Å². The van der Waals surface area contributed by atoms with E-state index in [9.17, 15) is 9.90 Å². The molecule has 4 nitrogen and oxygen atoms in total. The zero-order chi connectivity index (χ0) is 8.97. The quantitative estimate of drug-likeness (QED) is 0.591. The van der Waals surface area contributed by atoms with E-state index in [1.807, 2.05) is 0 Å². The molecule has 4 heteroatoms. The van der Waals surface area contributed by atoms with Gasteiger partial charge in [0.25, 0.3) is 0 Å². The molecule has 0 unspecified atom stereocenters. The van der Waals surface area contributed by atoms with E-state index in [4.69, 9.17) is 9.47 Å². The Morgan fingerprint density at radius 3 is 3.08 bits per heavy atom. The first-order valence-corrected chi connectivity index (χ1v) is 4.03. The van der Waals surface area contributed by atoms with Crippen molar-refractivity contribution in [3.63, 3.8) is 0 Å². The van der Waals surface area contributed by atoms with Crippen LogP contribution >= 0.6 is 0 Å². The highest BCUT2D eigenvalue weighted by Crippen LogP contribution is 2.19. The Morgan fingerprint density at radius 2 is 2.50 bits per heavy atom. The first kappa shape index (κ1) is 9.64. The summed E-state index contributed by atoms with van der Waals surface area (Å²) in [5.41, 5.74) is 0. The van der Waals surface area contributed by atoms with Gasteiger partial charge in [0.2, 0.25) is 0 Å². The molecular weight excluding hydrogens is 160 g/mol. The third-order valence-electron chi connectivity index (χ3n) is 2.11. The fourth-order valence-electron chi connectivity index (χ4n) is 1.36. The van der Waals surface area contributed by atoms with Crippen LogP contribution in [0.25, 0.3) is 0 Å². The molecule has 0 saturated carbocycles. The minimum absolute atomic E-state index is 0.293. The molecule has 1 heterocycles. The van der Waals surface area contributed by atoms with Crippen LogP contribution in [0.1, 0.15) is 6.42 Å². The maximum atomic E-state index is 10.5. The minimum atomic E-state index is -0.712. The van der Waals surface area contributed by atoms with Crippen molar-refractivity contribution in [2.45, 2.75) is 18.6 Å². The van der Waals surface area contributed by atoms with Crippen LogP contribution in [0, 0.1) is 5.92 Å². The van der Waals surface area contributed by atoms with Crippen molar-refractivity contribution in [3.8, 4) is 0 Å². The Bertz CT molecular complexity index is 146. The van der Waals surface area contributed by atoms with E-state index in [0.29, 0.717) is 19.6 Å². The number of hydrogen-bond donors (Lipinski definition) is 1. The van der Waals surface area contributed by atoms with Crippen molar-refractivity contribution in [2.24, 2.45) is 5.92 Å². The number of hydrogen-bond acceptors (Lipinski definition) is 4. The maximum absolute atomic E-state index is 10.5. The van der Waals surface area contributed by atoms with Crippen molar-refractivity contribution >= 4 is 6.29 Å². The van der Waals surface area contributed by atoms with Gasteiger partial charge in [0, 0.05) is 19.6 Å². The number of carbonyl (C=O) groups excluding carboxylic acids is 1. The highest BCUT2D eigenvalue weighted by Gasteiger charge is 2.32. The predicted molar refractivity (Wildman–Crippen MR) is 41.8 cm³/mol. The monoisotopic (exact) mass is 174 g/mol. The maximum Gasteiger partial charge on any atom is 0.125 e. The van der Waals surface area contributed by atoms with E-state index in [1.165, 1.54) is 0 Å². The van der Waals surface area contributed by atoms with E-state index in [1.54, 1.807) is 7.11 Å². The van der Waals surface area contributed by atoms with Gasteiger partial charge < -0.3 is 19.4 Å². The molecule has 1 N–H and O–H groups in total. The molecule has 0 aliphatic carbocycles. The largest absolute Gasteiger partial charge is 0.390 e. The Hall–Kier alpha value is -0.450. The van der Waals surface area contributed by atoms with Crippen LogP contribution in [-0.2, 0) is 14.3 Å². The standard InChI is InChI=1S/C8H14O4/c1-11-5-7-8(10)6(4-9)2-3-12-7/h4,6-8,10H,2-3,5H2,1H3/t6-,7+,8+/m0/s1. The average Bonchev–Trinajstić information content (AvgIpc) is 2.09. The minimum Gasteiger partial charge on any atom is -0.390 e. The summed E-state index contributed by atoms with van der Waals surface area (Å²) < 4.78 is 10.1. The van der Waals surface area contributed by atoms with E-state index in [-0.39, 0.29) is 12.0 Å². The fraction of sp³-hybridized carbons (Fsp3) is 0.875. The van der Waals surface area contributed by atoms with Gasteiger partial charge in [-0.05, 0) is 6.42 Å². The van der Waals surface area contributed by atoms with Crippen LogP contribution in [0.4, 0.5) is 0 Å². The lowest BCUT2D eigenvalue weighted by atomic mass is 9.94. The van der Waals surface area contributed by atoms with Gasteiger partial charge in [-0.15, -0.1) is 0 Å². The van der Waals surface area contributed by atoms with Crippen LogP contribution in [0.3, 0.4) is 0 Å². The highest BCUT2D eigenvalue weighted by molar-refractivity contribution is 5.54. The van der Waals surface area contributed by atoms with Gasteiger partial charge in [-0.2, -0.15) is 0 Å². The Labute approximate surface area is 71.5 Å². The fourth-order valence-corrected chi connectivity index (χ4v) is 1.36. The number of aliphatic hydroxyl groups excluding tert-OH is 1. The molecule has 1 fully saturated rings. The van der Waals surface area contributed by atoms with Crippen LogP contribution in [0.5, 0.6) is 0 Å². The molecular formula is C8H14O4. The number of rotatable bonds is 3. The van der Waals surface area contributed by atoms with Gasteiger partial charge in [-0.1, -0.05) is 0 Å². The first-order valence-electron chi connectivity index (χ1n) is 4.03. The van der Waals surface area contributed by atoms with Gasteiger partial charge in [0.05, 0.1) is 12.7 Å². The predicted octanol–water partition coefficient (Wildman–Crippen LogP) is -0.402. The molecule has 0 aromatic heterocycles. The topological polar surface area (TPSA) is 55.8 Å². The lowest BCUT2D eigenvalue weighted by Crippen LogP contribution is -2.44. The van der Waals surface area contributed by atoms with Crippen molar-refractivity contribution in [3.05, 3.63) is 0 Å². The smallest absolute Gasteiger partial charge is 0.125 e. The highest BCUT2D eigenvalue weighted by atomic mass is 16.5. The average molecular weight is 174 g/mol. The van der Waals surface area contributed by atoms with E-state index < -0.39 is 6.10 Å². The number of methoxy groups -OCH3 is 1. The van der Waals surface area contributed by atoms with Crippen LogP contribution in [0.15, 0.2) is 0 Å². The normalized spacial score (nSPS) is 36.3. The van der Waals surface area contributed by atoms with E-state index in [0.717, 1.165) is 6.29 Å². The molecule has 70 valence electrons. The molecule has 3 atom stereocenters.